The zero-order valence-electron chi connectivity index (χ0n) is 12.3. The van der Waals surface area contributed by atoms with Gasteiger partial charge in [0.2, 0.25) is 5.13 Å². The average molecular weight is 355 g/mol. The van der Waals surface area contributed by atoms with E-state index in [1.165, 1.54) is 22.8 Å². The molecule has 1 aromatic carbocycles. The number of rotatable bonds is 5. The van der Waals surface area contributed by atoms with Gasteiger partial charge in [-0.3, -0.25) is 4.90 Å². The number of para-hydroxylation sites is 2. The molecule has 1 aromatic heterocycles. The maximum Gasteiger partial charge on any atom is 0.209 e. The summed E-state index contributed by atoms with van der Waals surface area (Å²) in [4.78, 5) is 2.39. The average Bonchev–Trinajstić information content (AvgIpc) is 2.88. The SMILES string of the molecule is COc1ccccc1Nc1nn(CN2CCSCC2)c(=S)s1. The minimum absolute atomic E-state index is 0.767. The van der Waals surface area contributed by atoms with Gasteiger partial charge >= 0.3 is 0 Å². The van der Waals surface area contributed by atoms with Crippen molar-refractivity contribution in [3.05, 3.63) is 28.2 Å². The van der Waals surface area contributed by atoms with E-state index in [0.717, 1.165) is 40.3 Å². The second-order valence-corrected chi connectivity index (χ2v) is 7.72. The molecule has 0 spiro atoms. The molecule has 22 heavy (non-hydrogen) atoms. The number of nitrogens with zero attached hydrogens (tertiary/aromatic N) is 3. The molecule has 0 radical (unpaired) electrons. The molecule has 1 saturated heterocycles. The maximum absolute atomic E-state index is 5.43. The van der Waals surface area contributed by atoms with E-state index in [9.17, 15) is 0 Å². The summed E-state index contributed by atoms with van der Waals surface area (Å²) in [5.74, 6) is 3.16. The first-order valence-corrected chi connectivity index (χ1v) is 9.42. The lowest BCUT2D eigenvalue weighted by atomic mass is 10.3. The minimum atomic E-state index is 0.767. The van der Waals surface area contributed by atoms with Crippen LogP contribution in [0.1, 0.15) is 0 Å². The van der Waals surface area contributed by atoms with Crippen LogP contribution in [0.4, 0.5) is 10.8 Å². The summed E-state index contributed by atoms with van der Waals surface area (Å²) >= 11 is 8.92. The van der Waals surface area contributed by atoms with Crippen LogP contribution in [0.25, 0.3) is 0 Å². The van der Waals surface area contributed by atoms with Gasteiger partial charge in [-0.2, -0.15) is 11.8 Å². The van der Waals surface area contributed by atoms with Crippen molar-refractivity contribution in [2.45, 2.75) is 6.67 Å². The molecule has 1 N–H and O–H groups in total. The second-order valence-electron chi connectivity index (χ2n) is 4.87. The van der Waals surface area contributed by atoms with Crippen molar-refractivity contribution in [1.82, 2.24) is 14.7 Å². The van der Waals surface area contributed by atoms with E-state index >= 15 is 0 Å². The highest BCUT2D eigenvalue weighted by Gasteiger charge is 2.13. The Kier molecular flexibility index (Phi) is 5.35. The van der Waals surface area contributed by atoms with Crippen LogP contribution in [-0.2, 0) is 6.67 Å². The molecule has 118 valence electrons. The third-order valence-corrected chi connectivity index (χ3v) is 5.56. The number of hydrogen-bond acceptors (Lipinski definition) is 7. The first-order chi connectivity index (χ1) is 10.8. The van der Waals surface area contributed by atoms with E-state index in [-0.39, 0.29) is 0 Å². The largest absolute Gasteiger partial charge is 0.495 e. The molecule has 2 aromatic rings. The molecule has 1 fully saturated rings. The molecule has 0 saturated carbocycles. The van der Waals surface area contributed by atoms with Gasteiger partial charge in [-0.15, -0.1) is 5.10 Å². The van der Waals surface area contributed by atoms with Crippen molar-refractivity contribution in [2.75, 3.05) is 37.0 Å². The Balaban J connectivity index is 1.73. The highest BCUT2D eigenvalue weighted by molar-refractivity contribution is 7.99. The summed E-state index contributed by atoms with van der Waals surface area (Å²) in [6.45, 7) is 2.96. The lowest BCUT2D eigenvalue weighted by Gasteiger charge is -2.25. The highest BCUT2D eigenvalue weighted by Crippen LogP contribution is 2.28. The number of aromatic nitrogens is 2. The van der Waals surface area contributed by atoms with Crippen LogP contribution in [0.15, 0.2) is 24.3 Å². The Bertz CT molecular complexity index is 679. The number of thioether (sulfide) groups is 1. The quantitative estimate of drug-likeness (QED) is 0.830. The van der Waals surface area contributed by atoms with Crippen molar-refractivity contribution in [3.63, 3.8) is 0 Å². The number of ether oxygens (including phenoxy) is 1. The van der Waals surface area contributed by atoms with E-state index < -0.39 is 0 Å². The third kappa shape index (κ3) is 3.81. The normalized spacial score (nSPS) is 15.7. The van der Waals surface area contributed by atoms with Crippen LogP contribution >= 0.6 is 35.3 Å². The Hall–Kier alpha value is -1.09. The molecule has 2 heterocycles. The maximum atomic E-state index is 5.43. The fourth-order valence-electron chi connectivity index (χ4n) is 2.24. The molecule has 3 rings (SSSR count). The Morgan fingerprint density at radius 1 is 1.32 bits per heavy atom. The topological polar surface area (TPSA) is 42.3 Å². The number of hydrogen-bond donors (Lipinski definition) is 1. The predicted molar refractivity (Wildman–Crippen MR) is 96.1 cm³/mol. The van der Waals surface area contributed by atoms with Gasteiger partial charge in [0.1, 0.15) is 5.75 Å². The summed E-state index contributed by atoms with van der Waals surface area (Å²) in [7, 11) is 1.66. The van der Waals surface area contributed by atoms with Crippen LogP contribution < -0.4 is 10.1 Å². The second kappa shape index (κ2) is 7.45. The standard InChI is InChI=1S/C14H18N4OS3/c1-19-12-5-3-2-4-11(12)15-13-16-18(14(20)22-13)10-17-6-8-21-9-7-17/h2-5H,6-10H2,1H3,(H,15,16). The van der Waals surface area contributed by atoms with Crippen LogP contribution in [0.2, 0.25) is 0 Å². The summed E-state index contributed by atoms with van der Waals surface area (Å²) in [5, 5.41) is 8.68. The van der Waals surface area contributed by atoms with Crippen LogP contribution in [0.3, 0.4) is 0 Å². The lowest BCUT2D eigenvalue weighted by Crippen LogP contribution is -2.34. The van der Waals surface area contributed by atoms with Crippen molar-refractivity contribution in [3.8, 4) is 5.75 Å². The molecule has 8 heteroatoms. The van der Waals surface area contributed by atoms with Crippen LogP contribution in [0, 0.1) is 3.95 Å². The van der Waals surface area contributed by atoms with E-state index in [4.69, 9.17) is 17.0 Å². The van der Waals surface area contributed by atoms with Gasteiger partial charge in [0, 0.05) is 24.6 Å². The smallest absolute Gasteiger partial charge is 0.209 e. The molecule has 0 atom stereocenters. The van der Waals surface area contributed by atoms with Gasteiger partial charge in [0.25, 0.3) is 0 Å². The van der Waals surface area contributed by atoms with Crippen molar-refractivity contribution in [1.29, 1.82) is 0 Å². The Morgan fingerprint density at radius 2 is 2.09 bits per heavy atom. The number of anilines is 2. The van der Waals surface area contributed by atoms with E-state index in [1.54, 1.807) is 7.11 Å². The molecule has 5 nitrogen and oxygen atoms in total. The van der Waals surface area contributed by atoms with Crippen molar-refractivity contribution < 1.29 is 4.74 Å². The molecule has 0 bridgehead atoms. The molecule has 0 unspecified atom stereocenters. The minimum Gasteiger partial charge on any atom is -0.495 e. The Labute approximate surface area is 143 Å². The summed E-state index contributed by atoms with van der Waals surface area (Å²) in [6, 6.07) is 7.80. The molecular weight excluding hydrogens is 336 g/mol. The third-order valence-electron chi connectivity index (χ3n) is 3.39. The summed E-state index contributed by atoms with van der Waals surface area (Å²) in [6.07, 6.45) is 0. The van der Waals surface area contributed by atoms with Crippen LogP contribution in [-0.4, -0.2) is 46.4 Å². The number of benzene rings is 1. The number of methoxy groups -OCH3 is 1. The van der Waals surface area contributed by atoms with Gasteiger partial charge in [-0.1, -0.05) is 23.5 Å². The summed E-state index contributed by atoms with van der Waals surface area (Å²) in [5.41, 5.74) is 0.898. The first-order valence-electron chi connectivity index (χ1n) is 7.04. The van der Waals surface area contributed by atoms with E-state index in [1.807, 2.05) is 40.7 Å². The van der Waals surface area contributed by atoms with Gasteiger partial charge < -0.3 is 10.1 Å². The van der Waals surface area contributed by atoms with Gasteiger partial charge in [-0.25, -0.2) is 4.68 Å². The summed E-state index contributed by atoms with van der Waals surface area (Å²) < 4.78 is 8.03. The van der Waals surface area contributed by atoms with Gasteiger partial charge in [0.15, 0.2) is 3.95 Å². The van der Waals surface area contributed by atoms with Crippen molar-refractivity contribution in [2.24, 2.45) is 0 Å². The monoisotopic (exact) mass is 354 g/mol. The van der Waals surface area contributed by atoms with Crippen molar-refractivity contribution >= 4 is 46.1 Å². The fraction of sp³-hybridized carbons (Fsp3) is 0.429. The molecule has 0 amide bonds. The van der Waals surface area contributed by atoms with Crippen LogP contribution in [0.5, 0.6) is 5.75 Å². The molecule has 1 aliphatic heterocycles. The predicted octanol–water partition coefficient (Wildman–Crippen LogP) is 3.43. The molecular formula is C14H18N4OS3. The number of nitrogens with one attached hydrogen (secondary N) is 1. The lowest BCUT2D eigenvalue weighted by molar-refractivity contribution is 0.228. The Morgan fingerprint density at radius 3 is 2.86 bits per heavy atom. The highest BCUT2D eigenvalue weighted by atomic mass is 32.2. The zero-order chi connectivity index (χ0) is 15.4. The zero-order valence-corrected chi connectivity index (χ0v) is 14.8. The van der Waals surface area contributed by atoms with Gasteiger partial charge in [0.05, 0.1) is 19.5 Å². The molecule has 1 aliphatic rings. The fourth-order valence-corrected chi connectivity index (χ4v) is 4.23. The van der Waals surface area contributed by atoms with E-state index in [2.05, 4.69) is 15.3 Å². The molecule has 0 aliphatic carbocycles. The van der Waals surface area contributed by atoms with Gasteiger partial charge in [-0.05, 0) is 24.4 Å². The first kappa shape index (κ1) is 15.8. The van der Waals surface area contributed by atoms with E-state index in [0.29, 0.717) is 0 Å².